The molecule has 2 aromatic rings. The number of nitrogens with two attached hydrogens (primary N) is 1. The van der Waals surface area contributed by atoms with Crippen LogP contribution in [0.15, 0.2) is 42.5 Å². The molecule has 2 aromatic carbocycles. The third kappa shape index (κ3) is 3.28. The minimum absolute atomic E-state index is 0.0479. The van der Waals surface area contributed by atoms with Crippen LogP contribution < -0.4 is 10.5 Å². The summed E-state index contributed by atoms with van der Waals surface area (Å²) in [6.07, 6.45) is 2.01. The molecule has 0 unspecified atom stereocenters. The maximum absolute atomic E-state index is 13.7. The van der Waals surface area contributed by atoms with E-state index in [1.165, 1.54) is 17.7 Å². The number of hydrogen-bond donors (Lipinski definition) is 2. The maximum atomic E-state index is 13.7. The Kier molecular flexibility index (Phi) is 3.66. The first-order valence-electron chi connectivity index (χ1n) is 6.97. The topological polar surface area (TPSA) is 72.2 Å². The Morgan fingerprint density at radius 2 is 1.73 bits per heavy atom. The monoisotopic (exact) mass is 320 g/mol. The number of benzene rings is 2. The van der Waals surface area contributed by atoms with E-state index in [2.05, 4.69) is 4.72 Å². The summed E-state index contributed by atoms with van der Waals surface area (Å²) in [4.78, 5) is 0. The van der Waals surface area contributed by atoms with Crippen molar-refractivity contribution in [2.45, 2.75) is 18.4 Å². The summed E-state index contributed by atoms with van der Waals surface area (Å²) in [5.74, 6) is -0.167. The SMILES string of the molecule is CS(=O)(=O)Nc1cc(-c2ccc([C@@H]3C[C@H]3N)cc2)ccc1F. The van der Waals surface area contributed by atoms with Crippen LogP contribution in [-0.2, 0) is 10.0 Å². The number of nitrogens with one attached hydrogen (secondary N) is 1. The molecule has 0 saturated heterocycles. The summed E-state index contributed by atoms with van der Waals surface area (Å²) >= 11 is 0. The van der Waals surface area contributed by atoms with Crippen molar-refractivity contribution in [2.75, 3.05) is 11.0 Å². The van der Waals surface area contributed by atoms with Crippen molar-refractivity contribution >= 4 is 15.7 Å². The molecule has 0 aromatic heterocycles. The second-order valence-corrected chi connectivity index (χ2v) is 7.45. The van der Waals surface area contributed by atoms with E-state index in [0.717, 1.165) is 23.8 Å². The first-order valence-corrected chi connectivity index (χ1v) is 8.86. The molecule has 2 atom stereocenters. The van der Waals surface area contributed by atoms with Gasteiger partial charge in [0.2, 0.25) is 10.0 Å². The quantitative estimate of drug-likeness (QED) is 0.910. The van der Waals surface area contributed by atoms with Gasteiger partial charge in [0.15, 0.2) is 0 Å². The molecule has 0 amide bonds. The lowest BCUT2D eigenvalue weighted by Gasteiger charge is -2.09. The molecule has 22 heavy (non-hydrogen) atoms. The van der Waals surface area contributed by atoms with Crippen molar-refractivity contribution < 1.29 is 12.8 Å². The van der Waals surface area contributed by atoms with Crippen molar-refractivity contribution in [1.29, 1.82) is 0 Å². The normalized spacial score (nSPS) is 20.7. The summed E-state index contributed by atoms with van der Waals surface area (Å²) in [7, 11) is -3.52. The van der Waals surface area contributed by atoms with Gasteiger partial charge in [0.25, 0.3) is 0 Å². The molecule has 3 N–H and O–H groups in total. The molecule has 3 rings (SSSR count). The van der Waals surface area contributed by atoms with E-state index >= 15 is 0 Å². The van der Waals surface area contributed by atoms with E-state index < -0.39 is 15.8 Å². The van der Waals surface area contributed by atoms with Gasteiger partial charge in [-0.15, -0.1) is 0 Å². The number of sulfonamides is 1. The molecule has 0 radical (unpaired) electrons. The lowest BCUT2D eigenvalue weighted by Crippen LogP contribution is -2.10. The maximum Gasteiger partial charge on any atom is 0.229 e. The van der Waals surface area contributed by atoms with E-state index in [9.17, 15) is 12.8 Å². The zero-order chi connectivity index (χ0) is 15.9. The Balaban J connectivity index is 1.89. The number of rotatable bonds is 4. The molecule has 1 aliphatic carbocycles. The van der Waals surface area contributed by atoms with Crippen LogP contribution in [0.3, 0.4) is 0 Å². The van der Waals surface area contributed by atoms with Crippen molar-refractivity contribution in [3.8, 4) is 11.1 Å². The summed E-state index contributed by atoms with van der Waals surface area (Å²) in [5.41, 5.74) is 8.64. The highest BCUT2D eigenvalue weighted by Gasteiger charge is 2.34. The molecule has 0 bridgehead atoms. The van der Waals surface area contributed by atoms with E-state index in [1.807, 2.05) is 24.3 Å². The van der Waals surface area contributed by atoms with E-state index in [0.29, 0.717) is 5.92 Å². The first kappa shape index (κ1) is 15.0. The Morgan fingerprint density at radius 1 is 1.14 bits per heavy atom. The van der Waals surface area contributed by atoms with Crippen LogP contribution >= 0.6 is 0 Å². The van der Waals surface area contributed by atoms with Crippen LogP contribution in [0.2, 0.25) is 0 Å². The summed E-state index contributed by atoms with van der Waals surface area (Å²) in [6, 6.07) is 12.5. The molecule has 0 spiro atoms. The highest BCUT2D eigenvalue weighted by molar-refractivity contribution is 7.92. The summed E-state index contributed by atoms with van der Waals surface area (Å²) in [5, 5.41) is 0. The Labute approximate surface area is 129 Å². The third-order valence-electron chi connectivity index (χ3n) is 3.77. The van der Waals surface area contributed by atoms with Gasteiger partial charge < -0.3 is 5.73 Å². The van der Waals surface area contributed by atoms with Gasteiger partial charge in [0.1, 0.15) is 5.82 Å². The van der Waals surface area contributed by atoms with Crippen LogP contribution in [0.4, 0.5) is 10.1 Å². The molecule has 4 nitrogen and oxygen atoms in total. The average Bonchev–Trinajstić information content (AvgIpc) is 3.17. The van der Waals surface area contributed by atoms with Gasteiger partial charge in [0.05, 0.1) is 11.9 Å². The van der Waals surface area contributed by atoms with Crippen LogP contribution in [0, 0.1) is 5.82 Å². The standard InChI is InChI=1S/C16H17FN2O2S/c1-22(20,21)19-16-8-12(6-7-14(16)17)10-2-4-11(5-3-10)13-9-15(13)18/h2-8,13,15,19H,9,18H2,1H3/t13-,15+/m0/s1. The summed E-state index contributed by atoms with van der Waals surface area (Å²) < 4.78 is 38.4. The van der Waals surface area contributed by atoms with Crippen molar-refractivity contribution in [1.82, 2.24) is 0 Å². The fourth-order valence-corrected chi connectivity index (χ4v) is 3.06. The highest BCUT2D eigenvalue weighted by atomic mass is 32.2. The van der Waals surface area contributed by atoms with Crippen molar-refractivity contribution in [2.24, 2.45) is 5.73 Å². The summed E-state index contributed by atoms with van der Waals surface area (Å²) in [6.45, 7) is 0. The van der Waals surface area contributed by atoms with Gasteiger partial charge in [-0.05, 0) is 35.2 Å². The van der Waals surface area contributed by atoms with Gasteiger partial charge in [-0.2, -0.15) is 0 Å². The van der Waals surface area contributed by atoms with Gasteiger partial charge >= 0.3 is 0 Å². The van der Waals surface area contributed by atoms with Crippen LogP contribution in [0.5, 0.6) is 0 Å². The highest BCUT2D eigenvalue weighted by Crippen LogP contribution is 2.39. The van der Waals surface area contributed by atoms with Crippen LogP contribution in [-0.4, -0.2) is 20.7 Å². The van der Waals surface area contributed by atoms with Crippen LogP contribution in [0.25, 0.3) is 11.1 Å². The Bertz CT molecular complexity index is 803. The Morgan fingerprint density at radius 3 is 2.27 bits per heavy atom. The largest absolute Gasteiger partial charge is 0.327 e. The molecule has 116 valence electrons. The second-order valence-electron chi connectivity index (χ2n) is 5.70. The van der Waals surface area contributed by atoms with Crippen molar-refractivity contribution in [3.63, 3.8) is 0 Å². The third-order valence-corrected chi connectivity index (χ3v) is 4.36. The smallest absolute Gasteiger partial charge is 0.229 e. The Hall–Kier alpha value is -1.92. The predicted octanol–water partition coefficient (Wildman–Crippen LogP) is 2.68. The molecular weight excluding hydrogens is 303 g/mol. The first-order chi connectivity index (χ1) is 10.3. The number of anilines is 1. The van der Waals surface area contributed by atoms with Crippen molar-refractivity contribution in [3.05, 3.63) is 53.8 Å². The lowest BCUT2D eigenvalue weighted by atomic mass is 10.0. The van der Waals surface area contributed by atoms with Gasteiger partial charge in [-0.25, -0.2) is 12.8 Å². The lowest BCUT2D eigenvalue weighted by molar-refractivity contribution is 0.604. The zero-order valence-corrected chi connectivity index (χ0v) is 12.9. The zero-order valence-electron chi connectivity index (χ0n) is 12.1. The second kappa shape index (κ2) is 5.37. The van der Waals surface area contributed by atoms with E-state index in [-0.39, 0.29) is 11.7 Å². The minimum Gasteiger partial charge on any atom is -0.327 e. The predicted molar refractivity (Wildman–Crippen MR) is 85.6 cm³/mol. The molecule has 1 fully saturated rings. The fourth-order valence-electron chi connectivity index (χ4n) is 2.50. The van der Waals surface area contributed by atoms with Crippen LogP contribution in [0.1, 0.15) is 17.9 Å². The van der Waals surface area contributed by atoms with Gasteiger partial charge in [-0.1, -0.05) is 30.3 Å². The average molecular weight is 320 g/mol. The van der Waals surface area contributed by atoms with Gasteiger partial charge in [-0.3, -0.25) is 4.72 Å². The van der Waals surface area contributed by atoms with E-state index in [4.69, 9.17) is 5.73 Å². The van der Waals surface area contributed by atoms with Gasteiger partial charge in [0, 0.05) is 12.0 Å². The fraction of sp³-hybridized carbons (Fsp3) is 0.250. The molecule has 1 aliphatic rings. The number of hydrogen-bond acceptors (Lipinski definition) is 3. The number of halogens is 1. The molecule has 0 aliphatic heterocycles. The molecule has 0 heterocycles. The molecular formula is C16H17FN2O2S. The molecule has 1 saturated carbocycles. The van der Waals surface area contributed by atoms with E-state index in [1.54, 1.807) is 6.07 Å². The molecule has 6 heteroatoms. The minimum atomic E-state index is -3.52.